The van der Waals surface area contributed by atoms with Crippen molar-refractivity contribution in [3.8, 4) is 11.1 Å². The monoisotopic (exact) mass is 459 g/mol. The molecule has 0 radical (unpaired) electrons. The van der Waals surface area contributed by atoms with E-state index in [4.69, 9.17) is 4.74 Å². The minimum absolute atomic E-state index is 0.0211. The lowest BCUT2D eigenvalue weighted by atomic mass is 9.74. The Morgan fingerprint density at radius 2 is 1.56 bits per heavy atom. The van der Waals surface area contributed by atoms with Gasteiger partial charge in [-0.3, -0.25) is 4.79 Å². The first-order valence-electron chi connectivity index (χ1n) is 11.5. The van der Waals surface area contributed by atoms with Gasteiger partial charge in [0.1, 0.15) is 12.4 Å². The first kappa shape index (κ1) is 22.1. The lowest BCUT2D eigenvalue weighted by Gasteiger charge is -2.38. The summed E-state index contributed by atoms with van der Waals surface area (Å²) < 4.78 is 19.3. The number of nitrogens with zero attached hydrogens (tertiary/aromatic N) is 1. The highest BCUT2D eigenvalue weighted by Crippen LogP contribution is 2.44. The molecule has 1 saturated heterocycles. The van der Waals surface area contributed by atoms with E-state index >= 15 is 0 Å². The van der Waals surface area contributed by atoms with Crippen LogP contribution in [0.1, 0.15) is 35.4 Å². The fourth-order valence-corrected chi connectivity index (χ4v) is 5.31. The van der Waals surface area contributed by atoms with Crippen molar-refractivity contribution in [1.29, 1.82) is 0 Å². The van der Waals surface area contributed by atoms with Gasteiger partial charge in [-0.25, -0.2) is 9.18 Å². The van der Waals surface area contributed by atoms with E-state index in [1.54, 1.807) is 17.0 Å². The summed E-state index contributed by atoms with van der Waals surface area (Å²) in [6.45, 7) is 0.813. The average molecular weight is 460 g/mol. The molecule has 1 heterocycles. The van der Waals surface area contributed by atoms with Crippen LogP contribution >= 0.6 is 0 Å². The second-order valence-electron chi connectivity index (χ2n) is 9.18. The summed E-state index contributed by atoms with van der Waals surface area (Å²) in [5, 5.41) is 9.95. The van der Waals surface area contributed by atoms with E-state index in [-0.39, 0.29) is 37.9 Å². The molecule has 0 spiro atoms. The summed E-state index contributed by atoms with van der Waals surface area (Å²) in [7, 11) is 0. The number of carbonyl (C=O) groups excluding carboxylic acids is 1. The highest BCUT2D eigenvalue weighted by atomic mass is 19.1. The number of carbonyl (C=O) groups is 2. The molecular weight excluding hydrogens is 433 g/mol. The van der Waals surface area contributed by atoms with Crippen molar-refractivity contribution >= 4 is 12.1 Å². The van der Waals surface area contributed by atoms with Crippen molar-refractivity contribution in [2.75, 3.05) is 19.7 Å². The zero-order valence-electron chi connectivity index (χ0n) is 18.7. The molecule has 1 aliphatic carbocycles. The molecule has 0 bridgehead atoms. The topological polar surface area (TPSA) is 66.8 Å². The Kier molecular flexibility index (Phi) is 5.82. The molecule has 5 rings (SSSR count). The second-order valence-corrected chi connectivity index (χ2v) is 9.18. The summed E-state index contributed by atoms with van der Waals surface area (Å²) in [5.74, 6) is -1.31. The quantitative estimate of drug-likeness (QED) is 0.548. The van der Waals surface area contributed by atoms with E-state index in [0.29, 0.717) is 18.4 Å². The normalized spacial score (nSPS) is 16.6. The van der Waals surface area contributed by atoms with Gasteiger partial charge < -0.3 is 14.7 Å². The van der Waals surface area contributed by atoms with Crippen LogP contribution in [0.5, 0.6) is 0 Å². The molecule has 2 aliphatic rings. The smallest absolute Gasteiger partial charge is 0.409 e. The molecule has 0 aromatic heterocycles. The summed E-state index contributed by atoms with van der Waals surface area (Å²) in [5.41, 5.74) is 4.26. The molecule has 34 heavy (non-hydrogen) atoms. The van der Waals surface area contributed by atoms with Gasteiger partial charge >= 0.3 is 12.1 Å². The number of ether oxygens (including phenoxy) is 1. The van der Waals surface area contributed by atoms with Crippen LogP contribution < -0.4 is 0 Å². The Morgan fingerprint density at radius 1 is 0.941 bits per heavy atom. The number of carboxylic acids is 1. The summed E-state index contributed by atoms with van der Waals surface area (Å²) in [4.78, 5) is 26.6. The van der Waals surface area contributed by atoms with Crippen LogP contribution in [0.2, 0.25) is 0 Å². The van der Waals surface area contributed by atoms with E-state index in [9.17, 15) is 19.1 Å². The van der Waals surface area contributed by atoms with Crippen LogP contribution in [0.3, 0.4) is 0 Å². The predicted octanol–water partition coefficient (Wildman–Crippen LogP) is 5.48. The number of aliphatic carboxylic acids is 1. The number of hydrogen-bond acceptors (Lipinski definition) is 3. The fraction of sp³-hybridized carbons (Fsp3) is 0.286. The summed E-state index contributed by atoms with van der Waals surface area (Å²) in [6, 6.07) is 22.4. The van der Waals surface area contributed by atoms with Crippen molar-refractivity contribution in [3.63, 3.8) is 0 Å². The van der Waals surface area contributed by atoms with Crippen LogP contribution in [-0.2, 0) is 16.0 Å². The first-order chi connectivity index (χ1) is 16.5. The summed E-state index contributed by atoms with van der Waals surface area (Å²) in [6.07, 6.45) is 0.400. The van der Waals surface area contributed by atoms with Crippen LogP contribution in [0, 0.1) is 11.2 Å². The van der Waals surface area contributed by atoms with E-state index in [0.717, 1.165) is 11.1 Å². The maximum absolute atomic E-state index is 13.6. The number of halogens is 1. The zero-order valence-corrected chi connectivity index (χ0v) is 18.7. The number of hydrogen-bond donors (Lipinski definition) is 1. The molecule has 0 unspecified atom stereocenters. The second kappa shape index (κ2) is 8.93. The number of amides is 1. The third kappa shape index (κ3) is 4.04. The van der Waals surface area contributed by atoms with Gasteiger partial charge in [-0.15, -0.1) is 0 Å². The molecule has 1 aliphatic heterocycles. The molecule has 3 aromatic carbocycles. The van der Waals surface area contributed by atoms with E-state index < -0.39 is 17.5 Å². The largest absolute Gasteiger partial charge is 0.481 e. The Bertz CT molecular complexity index is 1190. The van der Waals surface area contributed by atoms with Gasteiger partial charge in [-0.05, 0) is 59.2 Å². The molecule has 5 nitrogen and oxygen atoms in total. The van der Waals surface area contributed by atoms with Gasteiger partial charge in [0, 0.05) is 19.0 Å². The maximum Gasteiger partial charge on any atom is 0.409 e. The van der Waals surface area contributed by atoms with Crippen LogP contribution in [-0.4, -0.2) is 41.8 Å². The molecule has 1 amide bonds. The Balaban J connectivity index is 1.24. The number of likely N-dealkylation sites (tertiary alicyclic amines) is 1. The lowest BCUT2D eigenvalue weighted by Crippen LogP contribution is -2.47. The van der Waals surface area contributed by atoms with Gasteiger partial charge in [0.05, 0.1) is 5.41 Å². The van der Waals surface area contributed by atoms with Gasteiger partial charge in [0.15, 0.2) is 0 Å². The molecule has 6 heteroatoms. The van der Waals surface area contributed by atoms with Crippen molar-refractivity contribution in [3.05, 3.63) is 95.3 Å². The summed E-state index contributed by atoms with van der Waals surface area (Å²) >= 11 is 0. The molecular formula is C28H26FNO4. The maximum atomic E-state index is 13.6. The van der Waals surface area contributed by atoms with Crippen LogP contribution in [0.4, 0.5) is 9.18 Å². The Morgan fingerprint density at radius 3 is 2.15 bits per heavy atom. The molecule has 174 valence electrons. The fourth-order valence-electron chi connectivity index (χ4n) is 5.31. The van der Waals surface area contributed by atoms with Gasteiger partial charge in [-0.2, -0.15) is 0 Å². The predicted molar refractivity (Wildman–Crippen MR) is 126 cm³/mol. The van der Waals surface area contributed by atoms with Crippen molar-refractivity contribution in [2.45, 2.75) is 25.2 Å². The molecule has 1 N–H and O–H groups in total. The van der Waals surface area contributed by atoms with E-state index in [1.165, 1.54) is 23.3 Å². The SMILES string of the molecule is O=C(OCC1c2ccccc2-c2ccccc21)N1CCC(Cc2cccc(F)c2)(C(=O)O)CC1. The average Bonchev–Trinajstić information content (AvgIpc) is 3.16. The van der Waals surface area contributed by atoms with E-state index in [2.05, 4.69) is 24.3 Å². The third-order valence-electron chi connectivity index (χ3n) is 7.20. The van der Waals surface area contributed by atoms with Crippen molar-refractivity contribution in [2.24, 2.45) is 5.41 Å². The van der Waals surface area contributed by atoms with Crippen LogP contribution in [0.15, 0.2) is 72.8 Å². The molecule has 3 aromatic rings. The standard InChI is InChI=1S/C28H26FNO4/c29-20-7-5-6-19(16-20)17-28(26(31)32)12-14-30(15-13-28)27(33)34-18-25-23-10-3-1-8-21(23)22-9-2-4-11-24(22)25/h1-11,16,25H,12-15,17-18H2,(H,31,32). The number of carboxylic acid groups (broad SMARTS) is 1. The first-order valence-corrected chi connectivity index (χ1v) is 11.5. The van der Waals surface area contributed by atoms with Crippen LogP contribution in [0.25, 0.3) is 11.1 Å². The van der Waals surface area contributed by atoms with Crippen molar-refractivity contribution in [1.82, 2.24) is 4.90 Å². The van der Waals surface area contributed by atoms with Gasteiger partial charge in [0.2, 0.25) is 0 Å². The number of benzene rings is 3. The van der Waals surface area contributed by atoms with E-state index in [1.807, 2.05) is 24.3 Å². The molecule has 0 saturated carbocycles. The van der Waals surface area contributed by atoms with Gasteiger partial charge in [0.25, 0.3) is 0 Å². The van der Waals surface area contributed by atoms with Gasteiger partial charge in [-0.1, -0.05) is 60.7 Å². The molecule has 0 atom stereocenters. The minimum Gasteiger partial charge on any atom is -0.481 e. The number of piperidine rings is 1. The van der Waals surface area contributed by atoms with Crippen molar-refractivity contribution < 1.29 is 23.8 Å². The Hall–Kier alpha value is -3.67. The zero-order chi connectivity index (χ0) is 23.7. The third-order valence-corrected chi connectivity index (χ3v) is 7.20. The number of fused-ring (bicyclic) bond motifs is 3. The Labute approximate surface area is 197 Å². The number of rotatable bonds is 5. The lowest BCUT2D eigenvalue weighted by molar-refractivity contribution is -0.151. The highest BCUT2D eigenvalue weighted by molar-refractivity contribution is 5.79. The molecule has 1 fully saturated rings. The minimum atomic E-state index is -1.02. The highest BCUT2D eigenvalue weighted by Gasteiger charge is 2.43.